The molecule has 0 bridgehead atoms. The SMILES string of the molecule is COc1ccc(S(N)(=O)=O)cc1C(=O)O[C@@H](C)C(=O)N1CCc2ccccc21. The minimum atomic E-state index is -4.01. The van der Waals surface area contributed by atoms with Crippen LogP contribution in [-0.2, 0) is 26.0 Å². The van der Waals surface area contributed by atoms with Crippen LogP contribution < -0.4 is 14.8 Å². The molecule has 1 heterocycles. The van der Waals surface area contributed by atoms with Gasteiger partial charge in [-0.05, 0) is 43.2 Å². The molecule has 9 heteroatoms. The molecule has 8 nitrogen and oxygen atoms in total. The van der Waals surface area contributed by atoms with E-state index in [0.717, 1.165) is 23.7 Å². The van der Waals surface area contributed by atoms with Crippen molar-refractivity contribution >= 4 is 27.6 Å². The molecule has 3 rings (SSSR count). The van der Waals surface area contributed by atoms with Gasteiger partial charge in [-0.1, -0.05) is 18.2 Å². The Kier molecular flexibility index (Phi) is 5.39. The van der Waals surface area contributed by atoms with Crippen LogP contribution in [0.15, 0.2) is 47.4 Å². The third kappa shape index (κ3) is 3.85. The maximum Gasteiger partial charge on any atom is 0.342 e. The van der Waals surface area contributed by atoms with Gasteiger partial charge < -0.3 is 14.4 Å². The average Bonchev–Trinajstić information content (AvgIpc) is 3.10. The minimum absolute atomic E-state index is 0.114. The number of para-hydroxylation sites is 1. The van der Waals surface area contributed by atoms with Crippen LogP contribution >= 0.6 is 0 Å². The maximum atomic E-state index is 12.8. The normalized spacial score (nSPS) is 14.3. The number of nitrogens with zero attached hydrogens (tertiary/aromatic N) is 1. The Hall–Kier alpha value is -2.91. The van der Waals surface area contributed by atoms with Crippen LogP contribution in [0.5, 0.6) is 5.75 Å². The molecule has 1 aliphatic rings. The van der Waals surface area contributed by atoms with Crippen LogP contribution in [0.1, 0.15) is 22.8 Å². The van der Waals surface area contributed by atoms with E-state index in [4.69, 9.17) is 14.6 Å². The molecule has 2 N–H and O–H groups in total. The summed E-state index contributed by atoms with van der Waals surface area (Å²) in [4.78, 5) is 26.6. The molecule has 0 aliphatic carbocycles. The van der Waals surface area contributed by atoms with E-state index in [0.29, 0.717) is 6.54 Å². The molecule has 0 saturated carbocycles. The summed E-state index contributed by atoms with van der Waals surface area (Å²) in [5.74, 6) is -1.13. The molecular weight excluding hydrogens is 384 g/mol. The second-order valence-corrected chi connectivity index (χ2v) is 7.88. The van der Waals surface area contributed by atoms with E-state index in [1.54, 1.807) is 4.90 Å². The van der Waals surface area contributed by atoms with E-state index in [2.05, 4.69) is 0 Å². The lowest BCUT2D eigenvalue weighted by atomic mass is 10.2. The van der Waals surface area contributed by atoms with Gasteiger partial charge in [0.25, 0.3) is 5.91 Å². The molecule has 1 amide bonds. The smallest absolute Gasteiger partial charge is 0.342 e. The van der Waals surface area contributed by atoms with Gasteiger partial charge in [0, 0.05) is 12.2 Å². The molecule has 2 aromatic carbocycles. The van der Waals surface area contributed by atoms with E-state index in [1.165, 1.54) is 26.2 Å². The molecule has 0 saturated heterocycles. The number of primary sulfonamides is 1. The lowest BCUT2D eigenvalue weighted by molar-refractivity contribution is -0.126. The summed E-state index contributed by atoms with van der Waals surface area (Å²) in [5, 5.41) is 5.11. The fourth-order valence-electron chi connectivity index (χ4n) is 3.08. The van der Waals surface area contributed by atoms with E-state index >= 15 is 0 Å². The number of benzene rings is 2. The highest BCUT2D eigenvalue weighted by atomic mass is 32.2. The Morgan fingerprint density at radius 1 is 1.18 bits per heavy atom. The lowest BCUT2D eigenvalue weighted by Gasteiger charge is -2.22. The fraction of sp³-hybridized carbons (Fsp3) is 0.263. The van der Waals surface area contributed by atoms with Crippen LogP contribution in [0.25, 0.3) is 0 Å². The number of carbonyl (C=O) groups excluding carboxylic acids is 2. The van der Waals surface area contributed by atoms with Gasteiger partial charge in [0.15, 0.2) is 6.10 Å². The van der Waals surface area contributed by atoms with Gasteiger partial charge in [0.2, 0.25) is 10.0 Å². The number of fused-ring (bicyclic) bond motifs is 1. The van der Waals surface area contributed by atoms with Gasteiger partial charge in [0.1, 0.15) is 11.3 Å². The van der Waals surface area contributed by atoms with Gasteiger partial charge in [0.05, 0.1) is 12.0 Å². The van der Waals surface area contributed by atoms with Crippen molar-refractivity contribution in [3.05, 3.63) is 53.6 Å². The Morgan fingerprint density at radius 3 is 2.57 bits per heavy atom. The topological polar surface area (TPSA) is 116 Å². The molecule has 1 aliphatic heterocycles. The lowest BCUT2D eigenvalue weighted by Crippen LogP contribution is -2.39. The highest BCUT2D eigenvalue weighted by Gasteiger charge is 2.30. The van der Waals surface area contributed by atoms with E-state index in [-0.39, 0.29) is 22.1 Å². The molecular formula is C19H20N2O6S. The standard InChI is InChI=1S/C19H20N2O6S/c1-12(18(22)21-10-9-13-5-3-4-6-16(13)21)27-19(23)15-11-14(28(20,24)25)7-8-17(15)26-2/h3-8,11-12H,9-10H2,1-2H3,(H2,20,24,25)/t12-/m0/s1. The van der Waals surface area contributed by atoms with E-state index in [9.17, 15) is 18.0 Å². The first-order chi connectivity index (χ1) is 13.2. The van der Waals surface area contributed by atoms with Crippen LogP contribution in [0.2, 0.25) is 0 Å². The molecule has 2 aromatic rings. The number of sulfonamides is 1. The van der Waals surface area contributed by atoms with Crippen molar-refractivity contribution in [1.29, 1.82) is 0 Å². The number of anilines is 1. The zero-order valence-electron chi connectivity index (χ0n) is 15.4. The summed E-state index contributed by atoms with van der Waals surface area (Å²) in [7, 11) is -2.68. The number of rotatable bonds is 5. The Morgan fingerprint density at radius 2 is 1.89 bits per heavy atom. The maximum absolute atomic E-state index is 12.8. The Balaban J connectivity index is 1.80. The average molecular weight is 404 g/mol. The van der Waals surface area contributed by atoms with Crippen LogP contribution in [0, 0.1) is 0 Å². The summed E-state index contributed by atoms with van der Waals surface area (Å²) < 4.78 is 33.5. The number of nitrogens with two attached hydrogens (primary N) is 1. The first-order valence-electron chi connectivity index (χ1n) is 8.53. The zero-order valence-corrected chi connectivity index (χ0v) is 16.2. The molecule has 28 heavy (non-hydrogen) atoms. The molecule has 1 atom stereocenters. The zero-order chi connectivity index (χ0) is 20.5. The number of amides is 1. The highest BCUT2D eigenvalue weighted by molar-refractivity contribution is 7.89. The van der Waals surface area contributed by atoms with Crippen LogP contribution in [0.3, 0.4) is 0 Å². The van der Waals surface area contributed by atoms with Gasteiger partial charge >= 0.3 is 5.97 Å². The number of ether oxygens (including phenoxy) is 2. The third-order valence-electron chi connectivity index (χ3n) is 4.50. The monoisotopic (exact) mass is 404 g/mol. The molecule has 0 aromatic heterocycles. The summed E-state index contributed by atoms with van der Waals surface area (Å²) in [6, 6.07) is 11.1. The van der Waals surface area contributed by atoms with Crippen molar-refractivity contribution in [2.24, 2.45) is 5.14 Å². The molecule has 0 fully saturated rings. The second kappa shape index (κ2) is 7.61. The van der Waals surface area contributed by atoms with Gasteiger partial charge in [-0.3, -0.25) is 4.79 Å². The largest absolute Gasteiger partial charge is 0.496 e. The Labute approximate surface area is 162 Å². The van der Waals surface area contributed by atoms with Crippen molar-refractivity contribution in [3.63, 3.8) is 0 Å². The number of carbonyl (C=O) groups is 2. The quantitative estimate of drug-likeness (QED) is 0.755. The predicted octanol–water partition coefficient (Wildman–Crippen LogP) is 1.48. The van der Waals surface area contributed by atoms with Gasteiger partial charge in [-0.2, -0.15) is 0 Å². The summed E-state index contributed by atoms with van der Waals surface area (Å²) >= 11 is 0. The van der Waals surface area contributed by atoms with Crippen molar-refractivity contribution in [2.45, 2.75) is 24.3 Å². The molecule has 148 valence electrons. The summed E-state index contributed by atoms with van der Waals surface area (Å²) in [6.07, 6.45) is -0.339. The van der Waals surface area contributed by atoms with Crippen molar-refractivity contribution in [3.8, 4) is 5.75 Å². The first kappa shape index (κ1) is 19.8. The summed E-state index contributed by atoms with van der Waals surface area (Å²) in [5.41, 5.74) is 1.72. The second-order valence-electron chi connectivity index (χ2n) is 6.32. The van der Waals surface area contributed by atoms with Crippen LogP contribution in [-0.4, -0.2) is 40.1 Å². The summed E-state index contributed by atoms with van der Waals surface area (Å²) in [6.45, 7) is 1.97. The third-order valence-corrected chi connectivity index (χ3v) is 5.42. The van der Waals surface area contributed by atoms with Crippen molar-refractivity contribution < 1.29 is 27.5 Å². The predicted molar refractivity (Wildman–Crippen MR) is 102 cm³/mol. The fourth-order valence-corrected chi connectivity index (χ4v) is 3.62. The Bertz CT molecular complexity index is 1030. The van der Waals surface area contributed by atoms with Gasteiger partial charge in [-0.25, -0.2) is 18.4 Å². The number of esters is 1. The van der Waals surface area contributed by atoms with Gasteiger partial charge in [-0.15, -0.1) is 0 Å². The molecule has 0 unspecified atom stereocenters. The number of hydrogen-bond donors (Lipinski definition) is 1. The van der Waals surface area contributed by atoms with Crippen LogP contribution in [0.4, 0.5) is 5.69 Å². The number of hydrogen-bond acceptors (Lipinski definition) is 6. The van der Waals surface area contributed by atoms with E-state index in [1.807, 2.05) is 24.3 Å². The van der Waals surface area contributed by atoms with E-state index < -0.39 is 22.1 Å². The highest BCUT2D eigenvalue weighted by Crippen LogP contribution is 2.29. The number of methoxy groups -OCH3 is 1. The minimum Gasteiger partial charge on any atom is -0.496 e. The van der Waals surface area contributed by atoms with Crippen molar-refractivity contribution in [2.75, 3.05) is 18.6 Å². The molecule has 0 spiro atoms. The van der Waals surface area contributed by atoms with Crippen molar-refractivity contribution in [1.82, 2.24) is 0 Å². The molecule has 0 radical (unpaired) electrons. The first-order valence-corrected chi connectivity index (χ1v) is 10.1.